The summed E-state index contributed by atoms with van der Waals surface area (Å²) in [4.78, 5) is 19.4. The number of aromatic nitrogens is 3. The Bertz CT molecular complexity index is 1120. The number of anilines is 1. The van der Waals surface area contributed by atoms with E-state index in [0.29, 0.717) is 29.9 Å². The predicted octanol–water partition coefficient (Wildman–Crippen LogP) is 1.70. The van der Waals surface area contributed by atoms with Gasteiger partial charge >= 0.3 is 0 Å². The molecule has 0 saturated carbocycles. The fourth-order valence-corrected chi connectivity index (χ4v) is 3.53. The molecule has 9 heteroatoms. The maximum absolute atomic E-state index is 10.9. The number of nitriles is 1. The molecule has 1 N–H and O–H groups in total. The van der Waals surface area contributed by atoms with E-state index in [-0.39, 0.29) is 6.61 Å². The highest BCUT2D eigenvalue weighted by Gasteiger charge is 2.19. The SMILES string of the molecule is CC(C)(O)COc1cc(-c2ccc(N3CCN(C=O)CC3)nc2)c2c(C#N)cnn2c1. The lowest BCUT2D eigenvalue weighted by Gasteiger charge is -2.33. The molecular weight excluding hydrogens is 396 g/mol. The highest BCUT2D eigenvalue weighted by Crippen LogP contribution is 2.31. The Kier molecular flexibility index (Phi) is 5.48. The molecule has 4 rings (SSSR count). The molecule has 1 aliphatic heterocycles. The van der Waals surface area contributed by atoms with Crippen LogP contribution < -0.4 is 9.64 Å². The van der Waals surface area contributed by atoms with Crippen molar-refractivity contribution in [1.29, 1.82) is 5.26 Å². The molecule has 4 heterocycles. The molecule has 0 aromatic carbocycles. The number of piperazine rings is 1. The quantitative estimate of drug-likeness (QED) is 0.605. The molecule has 1 saturated heterocycles. The van der Waals surface area contributed by atoms with Gasteiger partial charge in [-0.05, 0) is 32.0 Å². The van der Waals surface area contributed by atoms with Gasteiger partial charge in [-0.1, -0.05) is 0 Å². The van der Waals surface area contributed by atoms with Crippen LogP contribution in [0.4, 0.5) is 5.82 Å². The molecule has 3 aromatic heterocycles. The van der Waals surface area contributed by atoms with Crippen molar-refractivity contribution in [2.45, 2.75) is 19.4 Å². The van der Waals surface area contributed by atoms with Crippen LogP contribution in [0.15, 0.2) is 36.8 Å². The van der Waals surface area contributed by atoms with E-state index >= 15 is 0 Å². The van der Waals surface area contributed by atoms with E-state index in [9.17, 15) is 15.2 Å². The number of fused-ring (bicyclic) bond motifs is 1. The summed E-state index contributed by atoms with van der Waals surface area (Å²) >= 11 is 0. The maximum atomic E-state index is 10.9. The first-order chi connectivity index (χ1) is 14.9. The minimum atomic E-state index is -0.978. The van der Waals surface area contributed by atoms with Crippen LogP contribution in [0.3, 0.4) is 0 Å². The third-order valence-corrected chi connectivity index (χ3v) is 5.15. The first-order valence-electron chi connectivity index (χ1n) is 10.1. The highest BCUT2D eigenvalue weighted by molar-refractivity contribution is 5.85. The van der Waals surface area contributed by atoms with Gasteiger partial charge in [-0.2, -0.15) is 10.4 Å². The molecule has 1 fully saturated rings. The number of rotatable bonds is 6. The molecule has 0 unspecified atom stereocenters. The molecule has 31 heavy (non-hydrogen) atoms. The number of pyridine rings is 2. The summed E-state index contributed by atoms with van der Waals surface area (Å²) in [5.41, 5.74) is 1.75. The van der Waals surface area contributed by atoms with E-state index in [1.54, 1.807) is 35.7 Å². The molecule has 0 bridgehead atoms. The van der Waals surface area contributed by atoms with Gasteiger partial charge in [-0.25, -0.2) is 9.50 Å². The molecule has 1 amide bonds. The predicted molar refractivity (Wildman–Crippen MR) is 115 cm³/mol. The summed E-state index contributed by atoms with van der Waals surface area (Å²) in [6, 6.07) is 7.91. The van der Waals surface area contributed by atoms with Crippen LogP contribution in [0, 0.1) is 11.3 Å². The number of nitrogens with zero attached hydrogens (tertiary/aromatic N) is 6. The number of carbonyl (C=O) groups is 1. The van der Waals surface area contributed by atoms with E-state index in [2.05, 4.69) is 21.1 Å². The fraction of sp³-hybridized carbons (Fsp3) is 0.364. The van der Waals surface area contributed by atoms with Crippen molar-refractivity contribution >= 4 is 17.7 Å². The van der Waals surface area contributed by atoms with E-state index < -0.39 is 5.60 Å². The maximum Gasteiger partial charge on any atom is 0.209 e. The number of ether oxygens (including phenoxy) is 1. The number of carbonyl (C=O) groups excluding carboxylic acids is 1. The van der Waals surface area contributed by atoms with E-state index in [1.165, 1.54) is 6.20 Å². The Labute approximate surface area is 180 Å². The summed E-state index contributed by atoms with van der Waals surface area (Å²) in [5.74, 6) is 1.38. The second kappa shape index (κ2) is 8.24. The van der Waals surface area contributed by atoms with Crippen molar-refractivity contribution in [3.05, 3.63) is 42.4 Å². The molecule has 1 aliphatic rings. The minimum absolute atomic E-state index is 0.119. The summed E-state index contributed by atoms with van der Waals surface area (Å²) in [6.07, 6.45) is 5.86. The summed E-state index contributed by atoms with van der Waals surface area (Å²) in [7, 11) is 0. The van der Waals surface area contributed by atoms with Crippen molar-refractivity contribution in [2.75, 3.05) is 37.7 Å². The molecule has 0 atom stereocenters. The normalized spacial score (nSPS) is 14.5. The van der Waals surface area contributed by atoms with Crippen molar-refractivity contribution < 1.29 is 14.6 Å². The third-order valence-electron chi connectivity index (χ3n) is 5.15. The molecule has 0 aliphatic carbocycles. The Morgan fingerprint density at radius 3 is 2.65 bits per heavy atom. The van der Waals surface area contributed by atoms with E-state index in [1.807, 2.05) is 18.2 Å². The van der Waals surface area contributed by atoms with Gasteiger partial charge < -0.3 is 19.6 Å². The molecule has 160 valence electrons. The number of amides is 1. The van der Waals surface area contributed by atoms with Crippen LogP contribution in [-0.2, 0) is 4.79 Å². The zero-order valence-corrected chi connectivity index (χ0v) is 17.5. The van der Waals surface area contributed by atoms with Gasteiger partial charge in [0.1, 0.15) is 24.2 Å². The van der Waals surface area contributed by atoms with Gasteiger partial charge in [0.25, 0.3) is 0 Å². The van der Waals surface area contributed by atoms with Crippen LogP contribution in [0.25, 0.3) is 16.6 Å². The largest absolute Gasteiger partial charge is 0.489 e. The lowest BCUT2D eigenvalue weighted by Crippen LogP contribution is -2.45. The van der Waals surface area contributed by atoms with Gasteiger partial charge in [0.05, 0.1) is 29.1 Å². The summed E-state index contributed by atoms with van der Waals surface area (Å²) < 4.78 is 7.38. The van der Waals surface area contributed by atoms with Gasteiger partial charge in [-0.15, -0.1) is 0 Å². The number of hydrogen-bond donors (Lipinski definition) is 1. The van der Waals surface area contributed by atoms with Crippen LogP contribution in [0.1, 0.15) is 19.4 Å². The Hall–Kier alpha value is -3.64. The Balaban J connectivity index is 1.66. The lowest BCUT2D eigenvalue weighted by molar-refractivity contribution is -0.118. The van der Waals surface area contributed by atoms with Crippen molar-refractivity contribution in [2.24, 2.45) is 0 Å². The van der Waals surface area contributed by atoms with Gasteiger partial charge in [0.2, 0.25) is 6.41 Å². The van der Waals surface area contributed by atoms with Gasteiger partial charge in [-0.3, -0.25) is 4.79 Å². The second-order valence-electron chi connectivity index (χ2n) is 8.19. The smallest absolute Gasteiger partial charge is 0.209 e. The van der Waals surface area contributed by atoms with E-state index in [4.69, 9.17) is 4.74 Å². The second-order valence-corrected chi connectivity index (χ2v) is 8.19. The summed E-state index contributed by atoms with van der Waals surface area (Å²) in [6.45, 7) is 6.28. The van der Waals surface area contributed by atoms with Crippen LogP contribution in [0.5, 0.6) is 5.75 Å². The van der Waals surface area contributed by atoms with Crippen LogP contribution in [-0.4, -0.2) is 69.4 Å². The molecule has 9 nitrogen and oxygen atoms in total. The zero-order valence-electron chi connectivity index (χ0n) is 17.5. The highest BCUT2D eigenvalue weighted by atomic mass is 16.5. The molecule has 0 spiro atoms. The number of hydrogen-bond acceptors (Lipinski definition) is 7. The monoisotopic (exact) mass is 420 g/mol. The topological polar surface area (TPSA) is 107 Å². The first-order valence-corrected chi connectivity index (χ1v) is 10.1. The van der Waals surface area contributed by atoms with Gasteiger partial charge in [0, 0.05) is 43.5 Å². The third kappa shape index (κ3) is 4.44. The average Bonchev–Trinajstić information content (AvgIpc) is 3.20. The van der Waals surface area contributed by atoms with Gasteiger partial charge in [0.15, 0.2) is 0 Å². The molecular formula is C22H24N6O3. The first kappa shape index (κ1) is 20.6. The van der Waals surface area contributed by atoms with Crippen molar-refractivity contribution in [3.8, 4) is 22.9 Å². The van der Waals surface area contributed by atoms with Crippen LogP contribution >= 0.6 is 0 Å². The van der Waals surface area contributed by atoms with Crippen molar-refractivity contribution in [1.82, 2.24) is 19.5 Å². The zero-order chi connectivity index (χ0) is 22.0. The fourth-order valence-electron chi connectivity index (χ4n) is 3.53. The van der Waals surface area contributed by atoms with Crippen molar-refractivity contribution in [3.63, 3.8) is 0 Å². The van der Waals surface area contributed by atoms with E-state index in [0.717, 1.165) is 36.4 Å². The average molecular weight is 420 g/mol. The number of aliphatic hydroxyl groups is 1. The van der Waals surface area contributed by atoms with Crippen LogP contribution in [0.2, 0.25) is 0 Å². The standard InChI is InChI=1S/C22H24N6O3/c1-22(2,30)14-31-18-9-19(21-17(10-23)12-25-28(21)13-18)16-3-4-20(24-11-16)27-7-5-26(15-29)6-8-27/h3-4,9,11-13,15,30H,5-8,14H2,1-2H3. The molecule has 0 radical (unpaired) electrons. The Morgan fingerprint density at radius 2 is 2.03 bits per heavy atom. The molecule has 3 aromatic rings. The Morgan fingerprint density at radius 1 is 1.26 bits per heavy atom. The summed E-state index contributed by atoms with van der Waals surface area (Å²) in [5, 5.41) is 23.8. The minimum Gasteiger partial charge on any atom is -0.489 e. The lowest BCUT2D eigenvalue weighted by atomic mass is 10.1.